The SMILES string of the molecule is Cc1cc(Br)ccc1C(=O)N1CCC(Br)C(C)(C)C1. The van der Waals surface area contributed by atoms with Gasteiger partial charge in [0.1, 0.15) is 0 Å². The molecule has 2 nitrogen and oxygen atoms in total. The van der Waals surface area contributed by atoms with Crippen LogP contribution >= 0.6 is 31.9 Å². The lowest BCUT2D eigenvalue weighted by molar-refractivity contribution is 0.0601. The number of halogens is 2. The second-order valence-corrected chi connectivity index (χ2v) is 7.95. The van der Waals surface area contributed by atoms with Crippen molar-refractivity contribution < 1.29 is 4.79 Å². The van der Waals surface area contributed by atoms with Gasteiger partial charge >= 0.3 is 0 Å². The summed E-state index contributed by atoms with van der Waals surface area (Å²) in [5.41, 5.74) is 1.96. The molecule has 1 aromatic carbocycles. The molecule has 0 aromatic heterocycles. The number of carbonyl (C=O) groups excluding carboxylic acids is 1. The van der Waals surface area contributed by atoms with Crippen LogP contribution in [0.2, 0.25) is 0 Å². The fraction of sp³-hybridized carbons (Fsp3) is 0.533. The number of alkyl halides is 1. The summed E-state index contributed by atoms with van der Waals surface area (Å²) in [5, 5.41) is 0. The Morgan fingerprint density at radius 3 is 2.68 bits per heavy atom. The molecule has 19 heavy (non-hydrogen) atoms. The Balaban J connectivity index is 2.21. The van der Waals surface area contributed by atoms with E-state index in [4.69, 9.17) is 0 Å². The smallest absolute Gasteiger partial charge is 0.254 e. The second kappa shape index (κ2) is 5.57. The first-order valence-corrected chi connectivity index (χ1v) is 8.21. The maximum absolute atomic E-state index is 12.6. The molecule has 1 aliphatic heterocycles. The summed E-state index contributed by atoms with van der Waals surface area (Å²) in [6, 6.07) is 5.84. The van der Waals surface area contributed by atoms with Crippen LogP contribution in [0, 0.1) is 12.3 Å². The lowest BCUT2D eigenvalue weighted by Crippen LogP contribution is -2.48. The van der Waals surface area contributed by atoms with Crippen LogP contribution in [0.5, 0.6) is 0 Å². The van der Waals surface area contributed by atoms with Crippen LogP contribution < -0.4 is 0 Å². The van der Waals surface area contributed by atoms with Crippen molar-refractivity contribution in [3.63, 3.8) is 0 Å². The van der Waals surface area contributed by atoms with Crippen LogP contribution in [0.15, 0.2) is 22.7 Å². The summed E-state index contributed by atoms with van der Waals surface area (Å²) in [6.45, 7) is 8.03. The van der Waals surface area contributed by atoms with E-state index in [-0.39, 0.29) is 11.3 Å². The van der Waals surface area contributed by atoms with Crippen LogP contribution in [0.1, 0.15) is 36.2 Å². The summed E-state index contributed by atoms with van der Waals surface area (Å²) in [4.78, 5) is 15.1. The number of hydrogen-bond donors (Lipinski definition) is 0. The van der Waals surface area contributed by atoms with Crippen molar-refractivity contribution in [3.05, 3.63) is 33.8 Å². The third-order valence-corrected chi connectivity index (χ3v) is 6.00. The van der Waals surface area contributed by atoms with Gasteiger partial charge in [-0.1, -0.05) is 45.7 Å². The van der Waals surface area contributed by atoms with Gasteiger partial charge in [-0.25, -0.2) is 0 Å². The van der Waals surface area contributed by atoms with Crippen LogP contribution in [0.25, 0.3) is 0 Å². The fourth-order valence-corrected chi connectivity index (χ4v) is 3.37. The average molecular weight is 389 g/mol. The van der Waals surface area contributed by atoms with Crippen molar-refractivity contribution in [3.8, 4) is 0 Å². The van der Waals surface area contributed by atoms with Crippen molar-refractivity contribution in [2.75, 3.05) is 13.1 Å². The molecule has 1 saturated heterocycles. The molecule has 0 radical (unpaired) electrons. The monoisotopic (exact) mass is 387 g/mol. The quantitative estimate of drug-likeness (QED) is 0.653. The summed E-state index contributed by atoms with van der Waals surface area (Å²) < 4.78 is 1.01. The van der Waals surface area contributed by atoms with Crippen LogP contribution in [0.3, 0.4) is 0 Å². The van der Waals surface area contributed by atoms with Gasteiger partial charge in [-0.15, -0.1) is 0 Å². The van der Waals surface area contributed by atoms with E-state index in [0.29, 0.717) is 4.83 Å². The van der Waals surface area contributed by atoms with Gasteiger partial charge < -0.3 is 4.90 Å². The number of aryl methyl sites for hydroxylation is 1. The topological polar surface area (TPSA) is 20.3 Å². The minimum atomic E-state index is 0.122. The molecule has 0 aliphatic carbocycles. The second-order valence-electron chi connectivity index (χ2n) is 5.93. The molecule has 1 amide bonds. The molecule has 2 rings (SSSR count). The Morgan fingerprint density at radius 2 is 2.11 bits per heavy atom. The molecule has 4 heteroatoms. The largest absolute Gasteiger partial charge is 0.338 e. The number of benzene rings is 1. The van der Waals surface area contributed by atoms with E-state index in [2.05, 4.69) is 45.7 Å². The molecule has 0 spiro atoms. The normalized spacial score (nSPS) is 22.4. The molecule has 0 saturated carbocycles. The van der Waals surface area contributed by atoms with Gasteiger partial charge in [0.05, 0.1) is 0 Å². The van der Waals surface area contributed by atoms with Crippen molar-refractivity contribution in [1.82, 2.24) is 4.90 Å². The predicted octanol–water partition coefficient (Wildman–Crippen LogP) is 4.39. The van der Waals surface area contributed by atoms with E-state index in [9.17, 15) is 4.79 Å². The molecule has 0 bridgehead atoms. The number of piperidine rings is 1. The Morgan fingerprint density at radius 1 is 1.42 bits per heavy atom. The van der Waals surface area contributed by atoms with Crippen LogP contribution in [-0.4, -0.2) is 28.7 Å². The fourth-order valence-electron chi connectivity index (χ4n) is 2.54. The molecule has 104 valence electrons. The maximum Gasteiger partial charge on any atom is 0.254 e. The molecule has 1 aromatic rings. The van der Waals surface area contributed by atoms with Gasteiger partial charge in [0.15, 0.2) is 0 Å². The lowest BCUT2D eigenvalue weighted by Gasteiger charge is -2.42. The Bertz CT molecular complexity index is 499. The van der Waals surface area contributed by atoms with Crippen LogP contribution in [-0.2, 0) is 0 Å². The summed E-state index contributed by atoms with van der Waals surface area (Å²) in [7, 11) is 0. The first kappa shape index (κ1) is 15.0. The standard InChI is InChI=1S/C15H19Br2NO/c1-10-8-11(16)4-5-12(10)14(19)18-7-6-13(17)15(2,3)9-18/h4-5,8,13H,6-7,9H2,1-3H3. The third kappa shape index (κ3) is 3.22. The summed E-state index contributed by atoms with van der Waals surface area (Å²) >= 11 is 7.16. The Labute approximate surface area is 131 Å². The molecular formula is C15H19Br2NO. The molecule has 0 N–H and O–H groups in total. The van der Waals surface area contributed by atoms with E-state index in [0.717, 1.165) is 35.1 Å². The van der Waals surface area contributed by atoms with E-state index >= 15 is 0 Å². The number of nitrogens with zero attached hydrogens (tertiary/aromatic N) is 1. The van der Waals surface area contributed by atoms with Crippen molar-refractivity contribution in [2.24, 2.45) is 5.41 Å². The molecule has 1 atom stereocenters. The molecule has 1 unspecified atom stereocenters. The molecule has 1 aliphatic rings. The van der Waals surface area contributed by atoms with E-state index in [1.54, 1.807) is 0 Å². The minimum absolute atomic E-state index is 0.122. The molecular weight excluding hydrogens is 370 g/mol. The summed E-state index contributed by atoms with van der Waals surface area (Å²) in [6.07, 6.45) is 1.01. The van der Waals surface area contributed by atoms with Crippen LogP contribution in [0.4, 0.5) is 0 Å². The highest BCUT2D eigenvalue weighted by Crippen LogP contribution is 2.35. The zero-order valence-electron chi connectivity index (χ0n) is 11.5. The first-order chi connectivity index (χ1) is 8.81. The van der Waals surface area contributed by atoms with Gasteiger partial charge in [-0.05, 0) is 42.5 Å². The van der Waals surface area contributed by atoms with Gasteiger partial charge in [-0.3, -0.25) is 4.79 Å². The van der Waals surface area contributed by atoms with Crippen molar-refractivity contribution in [1.29, 1.82) is 0 Å². The zero-order chi connectivity index (χ0) is 14.2. The van der Waals surface area contributed by atoms with E-state index in [1.807, 2.05) is 30.0 Å². The van der Waals surface area contributed by atoms with Gasteiger partial charge in [0.25, 0.3) is 5.91 Å². The highest BCUT2D eigenvalue weighted by atomic mass is 79.9. The lowest BCUT2D eigenvalue weighted by atomic mass is 9.83. The average Bonchev–Trinajstić information content (AvgIpc) is 2.32. The van der Waals surface area contributed by atoms with Crippen molar-refractivity contribution in [2.45, 2.75) is 32.0 Å². The Hall–Kier alpha value is -0.350. The van der Waals surface area contributed by atoms with Gasteiger partial charge in [0, 0.05) is 28.0 Å². The highest BCUT2D eigenvalue weighted by molar-refractivity contribution is 9.10. The third-order valence-electron chi connectivity index (χ3n) is 3.80. The van der Waals surface area contributed by atoms with E-state index in [1.165, 1.54) is 0 Å². The predicted molar refractivity (Wildman–Crippen MR) is 85.9 cm³/mol. The van der Waals surface area contributed by atoms with Gasteiger partial charge in [-0.2, -0.15) is 0 Å². The highest BCUT2D eigenvalue weighted by Gasteiger charge is 2.36. The number of hydrogen-bond acceptors (Lipinski definition) is 1. The van der Waals surface area contributed by atoms with Crippen molar-refractivity contribution >= 4 is 37.8 Å². The molecule has 1 heterocycles. The number of rotatable bonds is 1. The Kier molecular flexibility index (Phi) is 4.41. The number of likely N-dealkylation sites (tertiary alicyclic amines) is 1. The minimum Gasteiger partial charge on any atom is -0.338 e. The first-order valence-electron chi connectivity index (χ1n) is 6.51. The maximum atomic E-state index is 12.6. The van der Waals surface area contributed by atoms with Gasteiger partial charge in [0.2, 0.25) is 0 Å². The number of amides is 1. The molecule has 1 fully saturated rings. The van der Waals surface area contributed by atoms with E-state index < -0.39 is 0 Å². The summed E-state index contributed by atoms with van der Waals surface area (Å²) in [5.74, 6) is 0.150. The zero-order valence-corrected chi connectivity index (χ0v) is 14.7. The number of carbonyl (C=O) groups is 1.